The molecule has 1 aliphatic rings. The molecule has 4 aromatic rings. The van der Waals surface area contributed by atoms with Crippen molar-refractivity contribution in [1.82, 2.24) is 9.88 Å². The van der Waals surface area contributed by atoms with E-state index < -0.39 is 0 Å². The van der Waals surface area contributed by atoms with E-state index >= 15 is 0 Å². The Morgan fingerprint density at radius 1 is 1.13 bits per heavy atom. The Morgan fingerprint density at radius 2 is 2.00 bits per heavy atom. The minimum Gasteiger partial charge on any atom is -0.454 e. The van der Waals surface area contributed by atoms with E-state index in [9.17, 15) is 5.21 Å². The van der Waals surface area contributed by atoms with Gasteiger partial charge in [0.2, 0.25) is 0 Å². The zero-order valence-corrected chi connectivity index (χ0v) is 18.6. The van der Waals surface area contributed by atoms with Gasteiger partial charge in [-0.25, -0.2) is 0 Å². The summed E-state index contributed by atoms with van der Waals surface area (Å²) in [4.78, 5) is 6.95. The van der Waals surface area contributed by atoms with E-state index in [2.05, 4.69) is 27.2 Å². The summed E-state index contributed by atoms with van der Waals surface area (Å²) in [7, 11) is 0. The van der Waals surface area contributed by atoms with Crippen LogP contribution in [-0.4, -0.2) is 47.9 Å². The SMILES string of the molecule is Cl.O/N=c1\cc(-c2cc3sccc3cn2)oc2ccc(CCCN3CCOCC3)cc12. The van der Waals surface area contributed by atoms with E-state index in [1.165, 1.54) is 5.56 Å². The van der Waals surface area contributed by atoms with Gasteiger partial charge in [-0.2, -0.15) is 0 Å². The number of nitrogens with zero attached hydrogens (tertiary/aromatic N) is 3. The first-order chi connectivity index (χ1) is 14.8. The van der Waals surface area contributed by atoms with Crippen LogP contribution >= 0.6 is 23.7 Å². The first-order valence-corrected chi connectivity index (χ1v) is 11.1. The molecule has 4 heterocycles. The minimum atomic E-state index is 0. The molecule has 1 saturated heterocycles. The second-order valence-electron chi connectivity index (χ2n) is 7.51. The van der Waals surface area contributed by atoms with E-state index in [1.54, 1.807) is 17.4 Å². The lowest BCUT2D eigenvalue weighted by Gasteiger charge is -2.26. The van der Waals surface area contributed by atoms with Gasteiger partial charge in [-0.05, 0) is 54.6 Å². The maximum absolute atomic E-state index is 9.63. The van der Waals surface area contributed by atoms with Gasteiger partial charge < -0.3 is 14.4 Å². The molecule has 0 radical (unpaired) electrons. The number of benzene rings is 1. The van der Waals surface area contributed by atoms with Gasteiger partial charge in [-0.1, -0.05) is 11.2 Å². The van der Waals surface area contributed by atoms with Gasteiger partial charge in [-0.15, -0.1) is 23.7 Å². The smallest absolute Gasteiger partial charge is 0.155 e. The van der Waals surface area contributed by atoms with Crippen LogP contribution in [0.1, 0.15) is 12.0 Å². The molecule has 0 aliphatic carbocycles. The Hall–Kier alpha value is -2.45. The monoisotopic (exact) mass is 457 g/mol. The number of aryl methyl sites for hydroxylation is 1. The molecule has 0 bridgehead atoms. The number of thiophene rings is 1. The average Bonchev–Trinajstić information content (AvgIpc) is 3.27. The molecule has 0 amide bonds. The number of ether oxygens (including phenoxy) is 1. The lowest BCUT2D eigenvalue weighted by molar-refractivity contribution is 0.0375. The highest BCUT2D eigenvalue weighted by molar-refractivity contribution is 7.17. The zero-order chi connectivity index (χ0) is 20.3. The van der Waals surface area contributed by atoms with Gasteiger partial charge in [-0.3, -0.25) is 9.88 Å². The standard InChI is InChI=1S/C23H23N3O3S.ClH/c27-25-19-13-22(20-14-23-17(15-24-20)5-11-30-23)29-21-4-3-16(12-18(19)21)2-1-6-26-7-9-28-10-8-26;/h3-5,11-15,27H,1-2,6-10H2;1H/b25-19+;. The topological polar surface area (TPSA) is 71.1 Å². The molecule has 1 fully saturated rings. The number of morpholine rings is 1. The van der Waals surface area contributed by atoms with Crippen LogP contribution in [0.25, 0.3) is 32.5 Å². The molecule has 6 nitrogen and oxygen atoms in total. The van der Waals surface area contributed by atoms with Crippen LogP contribution < -0.4 is 5.36 Å². The normalized spacial score (nSPS) is 15.4. The molecule has 8 heteroatoms. The van der Waals surface area contributed by atoms with Gasteiger partial charge in [0.1, 0.15) is 16.6 Å². The quantitative estimate of drug-likeness (QED) is 0.348. The molecule has 162 valence electrons. The van der Waals surface area contributed by atoms with Crippen LogP contribution in [0, 0.1) is 0 Å². The van der Waals surface area contributed by atoms with Gasteiger partial charge in [0.05, 0.1) is 13.2 Å². The van der Waals surface area contributed by atoms with Crippen molar-refractivity contribution in [2.75, 3.05) is 32.8 Å². The largest absolute Gasteiger partial charge is 0.454 e. The van der Waals surface area contributed by atoms with Crippen molar-refractivity contribution < 1.29 is 14.4 Å². The molecule has 0 saturated carbocycles. The third-order valence-electron chi connectivity index (χ3n) is 5.55. The molecule has 1 aliphatic heterocycles. The number of aromatic nitrogens is 1. The summed E-state index contributed by atoms with van der Waals surface area (Å²) in [6.07, 6.45) is 3.89. The maximum atomic E-state index is 9.63. The molecular weight excluding hydrogens is 434 g/mol. The molecular formula is C23H24ClN3O3S. The summed E-state index contributed by atoms with van der Waals surface area (Å²) in [5, 5.41) is 17.6. The van der Waals surface area contributed by atoms with E-state index in [0.717, 1.165) is 66.9 Å². The van der Waals surface area contributed by atoms with E-state index in [-0.39, 0.29) is 12.4 Å². The van der Waals surface area contributed by atoms with Crippen LogP contribution in [0.15, 0.2) is 57.5 Å². The lowest BCUT2D eigenvalue weighted by atomic mass is 10.1. The van der Waals surface area contributed by atoms with E-state index in [4.69, 9.17) is 9.15 Å². The van der Waals surface area contributed by atoms with E-state index in [1.807, 2.05) is 29.8 Å². The fourth-order valence-electron chi connectivity index (χ4n) is 3.90. The second kappa shape index (κ2) is 9.78. The number of hydrogen-bond acceptors (Lipinski definition) is 7. The Bertz CT molecular complexity index is 1250. The summed E-state index contributed by atoms with van der Waals surface area (Å²) in [5.74, 6) is 0.589. The molecule has 0 unspecified atom stereocenters. The number of rotatable bonds is 5. The van der Waals surface area contributed by atoms with Crippen LogP contribution in [0.2, 0.25) is 0 Å². The second-order valence-corrected chi connectivity index (χ2v) is 8.46. The van der Waals surface area contributed by atoms with Crippen molar-refractivity contribution in [2.45, 2.75) is 12.8 Å². The number of halogens is 1. The minimum absolute atomic E-state index is 0. The van der Waals surface area contributed by atoms with Crippen LogP contribution in [-0.2, 0) is 11.2 Å². The highest BCUT2D eigenvalue weighted by atomic mass is 35.5. The van der Waals surface area contributed by atoms with Crippen molar-refractivity contribution in [3.63, 3.8) is 0 Å². The van der Waals surface area contributed by atoms with Crippen molar-refractivity contribution in [2.24, 2.45) is 5.16 Å². The van der Waals surface area contributed by atoms with Gasteiger partial charge >= 0.3 is 0 Å². The molecule has 0 spiro atoms. The molecule has 5 rings (SSSR count). The number of pyridine rings is 1. The first-order valence-electron chi connectivity index (χ1n) is 10.2. The molecule has 1 aromatic carbocycles. The van der Waals surface area contributed by atoms with Crippen molar-refractivity contribution in [1.29, 1.82) is 0 Å². The molecule has 3 aromatic heterocycles. The predicted octanol–water partition coefficient (Wildman–Crippen LogP) is 4.69. The van der Waals surface area contributed by atoms with Crippen LogP contribution in [0.3, 0.4) is 0 Å². The molecule has 1 N–H and O–H groups in total. The zero-order valence-electron chi connectivity index (χ0n) is 17.0. The number of hydrogen-bond donors (Lipinski definition) is 1. The van der Waals surface area contributed by atoms with Gasteiger partial charge in [0.25, 0.3) is 0 Å². The van der Waals surface area contributed by atoms with E-state index in [0.29, 0.717) is 16.7 Å². The summed E-state index contributed by atoms with van der Waals surface area (Å²) in [5.41, 5.74) is 2.62. The average molecular weight is 458 g/mol. The summed E-state index contributed by atoms with van der Waals surface area (Å²) in [6.45, 7) is 4.75. The maximum Gasteiger partial charge on any atom is 0.155 e. The van der Waals surface area contributed by atoms with Crippen molar-refractivity contribution in [3.8, 4) is 11.5 Å². The Morgan fingerprint density at radius 3 is 2.84 bits per heavy atom. The summed E-state index contributed by atoms with van der Waals surface area (Å²) < 4.78 is 12.7. The highest BCUT2D eigenvalue weighted by Gasteiger charge is 2.11. The Labute approximate surface area is 190 Å². The van der Waals surface area contributed by atoms with Crippen LogP contribution in [0.5, 0.6) is 0 Å². The molecule has 31 heavy (non-hydrogen) atoms. The lowest BCUT2D eigenvalue weighted by Crippen LogP contribution is -2.36. The fraction of sp³-hybridized carbons (Fsp3) is 0.304. The predicted molar refractivity (Wildman–Crippen MR) is 125 cm³/mol. The Balaban J connectivity index is 0.00000231. The Kier molecular flexibility index (Phi) is 6.87. The summed E-state index contributed by atoms with van der Waals surface area (Å²) in [6, 6.07) is 11.9. The fourth-order valence-corrected chi connectivity index (χ4v) is 4.70. The van der Waals surface area contributed by atoms with Crippen molar-refractivity contribution >= 4 is 44.8 Å². The van der Waals surface area contributed by atoms with Gasteiger partial charge in [0.15, 0.2) is 5.76 Å². The van der Waals surface area contributed by atoms with Crippen LogP contribution in [0.4, 0.5) is 0 Å². The van der Waals surface area contributed by atoms with Gasteiger partial charge in [0, 0.05) is 40.8 Å². The number of fused-ring (bicyclic) bond motifs is 2. The summed E-state index contributed by atoms with van der Waals surface area (Å²) >= 11 is 1.66. The third kappa shape index (κ3) is 4.75. The molecule has 0 atom stereocenters. The third-order valence-corrected chi connectivity index (χ3v) is 6.43. The highest BCUT2D eigenvalue weighted by Crippen LogP contribution is 2.27. The van der Waals surface area contributed by atoms with Crippen molar-refractivity contribution in [3.05, 3.63) is 58.9 Å². The first kappa shape index (κ1) is 21.8.